The molecule has 0 fully saturated rings. The van der Waals surface area contributed by atoms with Crippen LogP contribution >= 0.6 is 0 Å². The van der Waals surface area contributed by atoms with Gasteiger partial charge in [-0.05, 0) is 6.92 Å². The molecule has 0 aliphatic carbocycles. The van der Waals surface area contributed by atoms with Crippen LogP contribution in [0.25, 0.3) is 0 Å². The minimum absolute atomic E-state index is 0.220. The minimum Gasteiger partial charge on any atom is -0.382 e. The second-order valence-electron chi connectivity index (χ2n) is 4.00. The number of ketones is 1. The molecule has 0 aliphatic rings. The van der Waals surface area contributed by atoms with Crippen molar-refractivity contribution in [2.45, 2.75) is 19.5 Å². The smallest absolute Gasteiger partial charge is 0.382 e. The molecule has 6 nitrogen and oxygen atoms in total. The van der Waals surface area contributed by atoms with Crippen LogP contribution in [0.4, 0.5) is 13.2 Å². The first kappa shape index (κ1) is 17.6. The van der Waals surface area contributed by atoms with E-state index in [0.717, 1.165) is 6.92 Å². The van der Waals surface area contributed by atoms with Crippen LogP contribution in [0.2, 0.25) is 0 Å². The molecule has 0 radical (unpaired) electrons. The quantitative estimate of drug-likeness (QED) is 0.354. The Balaban J connectivity index is 4.68. The van der Waals surface area contributed by atoms with Crippen LogP contribution in [-0.2, 0) is 9.59 Å². The number of nitrogens with one attached hydrogen (secondary N) is 1. The molecule has 0 unspecified atom stereocenters. The fourth-order valence-electron chi connectivity index (χ4n) is 0.975. The Hall–Kier alpha value is -2.37. The number of hydrogen-bond acceptors (Lipinski definition) is 5. The number of nitrogens with zero attached hydrogens (tertiary/aromatic N) is 3. The fourth-order valence-corrected chi connectivity index (χ4v) is 0.975. The average Bonchev–Trinajstić information content (AvgIpc) is 2.31. The second kappa shape index (κ2) is 7.28. The zero-order valence-corrected chi connectivity index (χ0v) is 11.1. The normalized spacial score (nSPS) is 12.7. The van der Waals surface area contributed by atoms with Gasteiger partial charge in [0.15, 0.2) is 0 Å². The largest absolute Gasteiger partial charge is 0.450 e. The topological polar surface area (TPSA) is 85.6 Å². The summed E-state index contributed by atoms with van der Waals surface area (Å²) < 4.78 is 36.0. The summed E-state index contributed by atoms with van der Waals surface area (Å²) >= 11 is 0. The number of nitriles is 1. The van der Waals surface area contributed by atoms with E-state index in [1.54, 1.807) is 20.2 Å². The molecule has 20 heavy (non-hydrogen) atoms. The molecule has 0 heterocycles. The summed E-state index contributed by atoms with van der Waals surface area (Å²) in [7, 11) is 3.17. The van der Waals surface area contributed by atoms with E-state index in [1.807, 2.05) is 5.43 Å². The summed E-state index contributed by atoms with van der Waals surface area (Å²) in [6.07, 6.45) is -4.67. The van der Waals surface area contributed by atoms with E-state index in [4.69, 9.17) is 5.26 Å². The second-order valence-corrected chi connectivity index (χ2v) is 4.00. The lowest BCUT2D eigenvalue weighted by Gasteiger charge is -2.06. The van der Waals surface area contributed by atoms with Crippen molar-refractivity contribution in [1.29, 1.82) is 5.26 Å². The van der Waals surface area contributed by atoms with E-state index >= 15 is 0 Å². The predicted octanol–water partition coefficient (Wildman–Crippen LogP) is 0.969. The van der Waals surface area contributed by atoms with E-state index in [9.17, 15) is 22.8 Å². The number of carbonyl (C=O) groups excluding carboxylic acids is 2. The van der Waals surface area contributed by atoms with Crippen molar-refractivity contribution < 1.29 is 22.8 Å². The van der Waals surface area contributed by atoms with Crippen LogP contribution in [0.3, 0.4) is 0 Å². The predicted molar refractivity (Wildman–Crippen MR) is 64.3 cm³/mol. The zero-order valence-electron chi connectivity index (χ0n) is 11.1. The molecule has 1 N–H and O–H groups in total. The third-order valence-electron chi connectivity index (χ3n) is 1.83. The maximum atomic E-state index is 12.0. The summed E-state index contributed by atoms with van der Waals surface area (Å²) in [6.45, 7) is 1.16. The molecule has 0 spiro atoms. The third kappa shape index (κ3) is 6.53. The lowest BCUT2D eigenvalue weighted by atomic mass is 10.2. The molecular weight excluding hydrogens is 277 g/mol. The van der Waals surface area contributed by atoms with Crippen molar-refractivity contribution in [2.75, 3.05) is 14.1 Å². The van der Waals surface area contributed by atoms with Crippen molar-refractivity contribution in [1.82, 2.24) is 10.3 Å². The lowest BCUT2D eigenvalue weighted by Crippen LogP contribution is -2.26. The molecule has 0 saturated heterocycles. The number of hydrazone groups is 1. The number of amides is 1. The van der Waals surface area contributed by atoms with Gasteiger partial charge < -0.3 is 4.90 Å². The van der Waals surface area contributed by atoms with E-state index in [-0.39, 0.29) is 11.3 Å². The number of Topliss-reactive ketones (excluding diaryl/α,β-unsaturated/α-hetero) is 1. The molecule has 0 aromatic carbocycles. The molecule has 9 heteroatoms. The Morgan fingerprint density at radius 1 is 1.40 bits per heavy atom. The van der Waals surface area contributed by atoms with Gasteiger partial charge in [0.1, 0.15) is 11.6 Å². The van der Waals surface area contributed by atoms with Gasteiger partial charge in [0.2, 0.25) is 5.78 Å². The van der Waals surface area contributed by atoms with Crippen LogP contribution in [0.5, 0.6) is 0 Å². The van der Waals surface area contributed by atoms with Gasteiger partial charge in [-0.2, -0.15) is 23.5 Å². The van der Waals surface area contributed by atoms with Crippen LogP contribution in [0.1, 0.15) is 13.3 Å². The van der Waals surface area contributed by atoms with Crippen LogP contribution in [0, 0.1) is 11.3 Å². The SMILES string of the molecule is C/C(CC(=O)C(F)(F)F)=N\NC(=O)/C(C#N)=C/N(C)C. The van der Waals surface area contributed by atoms with Crippen LogP contribution < -0.4 is 5.43 Å². The Bertz CT molecular complexity index is 487. The summed E-state index contributed by atoms with van der Waals surface area (Å²) in [5, 5.41) is 12.0. The molecule has 0 bridgehead atoms. The van der Waals surface area contributed by atoms with Crippen molar-refractivity contribution in [3.8, 4) is 6.07 Å². The first-order chi connectivity index (χ1) is 9.07. The summed E-state index contributed by atoms with van der Waals surface area (Å²) in [4.78, 5) is 23.6. The molecule has 0 saturated carbocycles. The Morgan fingerprint density at radius 3 is 2.35 bits per heavy atom. The van der Waals surface area contributed by atoms with E-state index in [0.29, 0.717) is 0 Å². The van der Waals surface area contributed by atoms with Crippen LogP contribution in [-0.4, -0.2) is 42.6 Å². The Morgan fingerprint density at radius 2 is 1.95 bits per heavy atom. The van der Waals surface area contributed by atoms with Crippen molar-refractivity contribution >= 4 is 17.4 Å². The Labute approximate surface area is 113 Å². The number of rotatable bonds is 5. The Kier molecular flexibility index (Phi) is 6.41. The molecule has 0 aromatic rings. The van der Waals surface area contributed by atoms with Gasteiger partial charge in [-0.15, -0.1) is 0 Å². The van der Waals surface area contributed by atoms with E-state index in [1.165, 1.54) is 11.1 Å². The van der Waals surface area contributed by atoms with Crippen molar-refractivity contribution in [3.05, 3.63) is 11.8 Å². The summed E-state index contributed by atoms with van der Waals surface area (Å²) in [5.74, 6) is -2.84. The molecule has 110 valence electrons. The zero-order chi connectivity index (χ0) is 15.9. The first-order valence-corrected chi connectivity index (χ1v) is 5.29. The van der Waals surface area contributed by atoms with Crippen molar-refractivity contribution in [3.63, 3.8) is 0 Å². The van der Waals surface area contributed by atoms with E-state index < -0.39 is 24.3 Å². The van der Waals surface area contributed by atoms with Gasteiger partial charge in [-0.1, -0.05) is 0 Å². The lowest BCUT2D eigenvalue weighted by molar-refractivity contribution is -0.169. The standard InChI is InChI=1S/C11H13F3N4O2/c1-7(4-9(19)11(12,13)14)16-17-10(20)8(5-15)6-18(2)3/h6H,4H2,1-3H3,(H,17,20)/b8-6+,16-7+. The van der Waals surface area contributed by atoms with E-state index in [2.05, 4.69) is 5.10 Å². The van der Waals surface area contributed by atoms with Gasteiger partial charge in [-0.3, -0.25) is 9.59 Å². The third-order valence-corrected chi connectivity index (χ3v) is 1.83. The number of alkyl halides is 3. The summed E-state index contributed by atoms with van der Waals surface area (Å²) in [6, 6.07) is 1.61. The average molecular weight is 290 g/mol. The van der Waals surface area contributed by atoms with Crippen molar-refractivity contribution in [2.24, 2.45) is 5.10 Å². The molecule has 0 aliphatic heterocycles. The molecule has 0 atom stereocenters. The van der Waals surface area contributed by atoms with Gasteiger partial charge in [0, 0.05) is 26.0 Å². The highest BCUT2D eigenvalue weighted by atomic mass is 19.4. The highest BCUT2D eigenvalue weighted by Gasteiger charge is 2.38. The monoisotopic (exact) mass is 290 g/mol. The van der Waals surface area contributed by atoms with Gasteiger partial charge in [0.05, 0.1) is 6.42 Å². The number of hydrogen-bond donors (Lipinski definition) is 1. The maximum Gasteiger partial charge on any atom is 0.450 e. The van der Waals surface area contributed by atoms with Gasteiger partial charge in [-0.25, -0.2) is 5.43 Å². The molecular formula is C11H13F3N4O2. The van der Waals surface area contributed by atoms with Gasteiger partial charge in [0.25, 0.3) is 5.91 Å². The number of halogens is 3. The highest BCUT2D eigenvalue weighted by molar-refractivity contribution is 6.04. The number of carbonyl (C=O) groups is 2. The highest BCUT2D eigenvalue weighted by Crippen LogP contribution is 2.17. The maximum absolute atomic E-state index is 12.0. The minimum atomic E-state index is -4.94. The van der Waals surface area contributed by atoms with Crippen LogP contribution in [0.15, 0.2) is 16.9 Å². The molecule has 0 rings (SSSR count). The fraction of sp³-hybridized carbons (Fsp3) is 0.455. The summed E-state index contributed by atoms with van der Waals surface area (Å²) in [5.41, 5.74) is 1.42. The van der Waals surface area contributed by atoms with Gasteiger partial charge >= 0.3 is 6.18 Å². The molecule has 1 amide bonds. The first-order valence-electron chi connectivity index (χ1n) is 5.29. The molecule has 0 aromatic heterocycles.